The molecule has 0 unspecified atom stereocenters. The highest BCUT2D eigenvalue weighted by atomic mass is 16.6. The van der Waals surface area contributed by atoms with Gasteiger partial charge in [0.25, 0.3) is 11.6 Å². The molecule has 29 heavy (non-hydrogen) atoms. The van der Waals surface area contributed by atoms with E-state index in [4.69, 9.17) is 9.47 Å². The molecule has 1 saturated heterocycles. The van der Waals surface area contributed by atoms with Crippen molar-refractivity contribution in [3.05, 3.63) is 63.2 Å². The van der Waals surface area contributed by atoms with Crippen LogP contribution in [0.2, 0.25) is 0 Å². The van der Waals surface area contributed by atoms with E-state index in [9.17, 15) is 19.7 Å². The van der Waals surface area contributed by atoms with Crippen molar-refractivity contribution in [2.45, 2.75) is 6.92 Å². The molecule has 1 aliphatic rings. The molecular formula is C20H21N3O6. The average molecular weight is 399 g/mol. The van der Waals surface area contributed by atoms with Crippen LogP contribution in [0.3, 0.4) is 0 Å². The first kappa shape index (κ1) is 20.3. The first-order chi connectivity index (χ1) is 13.9. The molecule has 2 aromatic rings. The van der Waals surface area contributed by atoms with Crippen LogP contribution in [0.25, 0.3) is 0 Å². The lowest BCUT2D eigenvalue weighted by atomic mass is 10.1. The first-order valence-electron chi connectivity index (χ1n) is 9.02. The van der Waals surface area contributed by atoms with Crippen molar-refractivity contribution in [3.63, 3.8) is 0 Å². The third-order valence-corrected chi connectivity index (χ3v) is 4.76. The minimum Gasteiger partial charge on any atom is -0.465 e. The van der Waals surface area contributed by atoms with Crippen molar-refractivity contribution in [2.24, 2.45) is 0 Å². The van der Waals surface area contributed by atoms with E-state index in [0.29, 0.717) is 43.2 Å². The molecule has 0 aliphatic carbocycles. The number of morpholine rings is 1. The molecular weight excluding hydrogens is 378 g/mol. The monoisotopic (exact) mass is 399 g/mol. The molecule has 9 nitrogen and oxygen atoms in total. The van der Waals surface area contributed by atoms with Crippen LogP contribution in [0.15, 0.2) is 36.4 Å². The van der Waals surface area contributed by atoms with Gasteiger partial charge < -0.3 is 19.7 Å². The van der Waals surface area contributed by atoms with E-state index < -0.39 is 16.8 Å². The molecule has 1 amide bonds. The number of carbonyl (C=O) groups is 2. The smallest absolute Gasteiger partial charge is 0.340 e. The van der Waals surface area contributed by atoms with Crippen LogP contribution in [0, 0.1) is 17.0 Å². The Kier molecular flexibility index (Phi) is 6.08. The number of nitrogens with zero attached hydrogens (tertiary/aromatic N) is 2. The number of benzene rings is 2. The number of esters is 1. The van der Waals surface area contributed by atoms with Crippen LogP contribution < -0.4 is 10.2 Å². The zero-order valence-electron chi connectivity index (χ0n) is 16.1. The number of rotatable bonds is 5. The van der Waals surface area contributed by atoms with Gasteiger partial charge in [0.05, 0.1) is 36.5 Å². The molecule has 1 fully saturated rings. The Labute approximate surface area is 167 Å². The maximum Gasteiger partial charge on any atom is 0.340 e. The number of nitro benzene ring substituents is 1. The Bertz CT molecular complexity index is 953. The second-order valence-corrected chi connectivity index (χ2v) is 6.48. The van der Waals surface area contributed by atoms with Crippen molar-refractivity contribution in [1.82, 2.24) is 0 Å². The fourth-order valence-electron chi connectivity index (χ4n) is 3.23. The molecule has 1 N–H and O–H groups in total. The first-order valence-corrected chi connectivity index (χ1v) is 9.02. The summed E-state index contributed by atoms with van der Waals surface area (Å²) in [6, 6.07) is 9.29. The van der Waals surface area contributed by atoms with Gasteiger partial charge in [0, 0.05) is 36.0 Å². The summed E-state index contributed by atoms with van der Waals surface area (Å²) in [5.74, 6) is -1.02. The van der Waals surface area contributed by atoms with Crippen molar-refractivity contribution in [2.75, 3.05) is 43.6 Å². The maximum absolute atomic E-state index is 12.7. The minimum absolute atomic E-state index is 0.129. The van der Waals surface area contributed by atoms with Crippen molar-refractivity contribution in [1.29, 1.82) is 0 Å². The maximum atomic E-state index is 12.7. The van der Waals surface area contributed by atoms with Crippen molar-refractivity contribution >= 4 is 28.9 Å². The number of nitro groups is 1. The molecule has 0 radical (unpaired) electrons. The van der Waals surface area contributed by atoms with E-state index in [1.807, 2.05) is 4.90 Å². The Balaban J connectivity index is 1.89. The van der Waals surface area contributed by atoms with Crippen molar-refractivity contribution < 1.29 is 24.0 Å². The van der Waals surface area contributed by atoms with E-state index in [0.717, 1.165) is 0 Å². The summed E-state index contributed by atoms with van der Waals surface area (Å²) in [5, 5.41) is 13.8. The van der Waals surface area contributed by atoms with Gasteiger partial charge in [-0.2, -0.15) is 0 Å². The summed E-state index contributed by atoms with van der Waals surface area (Å²) in [7, 11) is 1.29. The van der Waals surface area contributed by atoms with Gasteiger partial charge in [0.15, 0.2) is 0 Å². The fraction of sp³-hybridized carbons (Fsp3) is 0.300. The van der Waals surface area contributed by atoms with Crippen LogP contribution >= 0.6 is 0 Å². The van der Waals surface area contributed by atoms with Gasteiger partial charge in [-0.25, -0.2) is 4.79 Å². The summed E-state index contributed by atoms with van der Waals surface area (Å²) in [6.07, 6.45) is 0. The highest BCUT2D eigenvalue weighted by Crippen LogP contribution is 2.27. The zero-order chi connectivity index (χ0) is 21.0. The largest absolute Gasteiger partial charge is 0.465 e. The molecule has 2 aromatic carbocycles. The van der Waals surface area contributed by atoms with Gasteiger partial charge in [0.2, 0.25) is 0 Å². The predicted molar refractivity (Wildman–Crippen MR) is 107 cm³/mol. The number of amides is 1. The normalized spacial score (nSPS) is 13.7. The highest BCUT2D eigenvalue weighted by Gasteiger charge is 2.22. The lowest BCUT2D eigenvalue weighted by molar-refractivity contribution is -0.385. The Hall–Kier alpha value is -3.46. The summed E-state index contributed by atoms with van der Waals surface area (Å²) < 4.78 is 10.2. The molecule has 0 atom stereocenters. The summed E-state index contributed by atoms with van der Waals surface area (Å²) in [5.41, 5.74) is 1.74. The Morgan fingerprint density at radius 2 is 1.90 bits per heavy atom. The van der Waals surface area contributed by atoms with Gasteiger partial charge in [-0.15, -0.1) is 0 Å². The number of carbonyl (C=O) groups excluding carboxylic acids is 2. The molecule has 1 heterocycles. The number of nitrogens with one attached hydrogen (secondary N) is 1. The molecule has 152 valence electrons. The summed E-state index contributed by atoms with van der Waals surface area (Å²) in [4.78, 5) is 37.6. The number of methoxy groups -OCH3 is 1. The minimum atomic E-state index is -0.529. The second kappa shape index (κ2) is 8.70. The molecule has 1 aliphatic heterocycles. The van der Waals surface area contributed by atoms with Gasteiger partial charge >= 0.3 is 5.97 Å². The molecule has 0 aromatic heterocycles. The van der Waals surface area contributed by atoms with Crippen LogP contribution in [0.1, 0.15) is 26.3 Å². The summed E-state index contributed by atoms with van der Waals surface area (Å²) in [6.45, 7) is 3.93. The Morgan fingerprint density at radius 1 is 1.17 bits per heavy atom. The standard InChI is InChI=1S/C20H21N3O6/c1-13-15(4-3-5-17(13)23(26)27)19(24)21-14-6-7-18(16(12-14)20(25)28-2)22-8-10-29-11-9-22/h3-7,12H,8-11H2,1-2H3,(H,21,24). The molecule has 0 saturated carbocycles. The van der Waals surface area contributed by atoms with Gasteiger partial charge in [-0.1, -0.05) is 6.07 Å². The number of ether oxygens (including phenoxy) is 2. The van der Waals surface area contributed by atoms with E-state index >= 15 is 0 Å². The van der Waals surface area contributed by atoms with E-state index in [2.05, 4.69) is 5.32 Å². The second-order valence-electron chi connectivity index (χ2n) is 6.48. The average Bonchev–Trinajstić information content (AvgIpc) is 2.73. The molecule has 3 rings (SSSR count). The van der Waals surface area contributed by atoms with Crippen LogP contribution in [-0.2, 0) is 9.47 Å². The predicted octanol–water partition coefficient (Wildman–Crippen LogP) is 2.78. The van der Waals surface area contributed by atoms with E-state index in [1.165, 1.54) is 32.2 Å². The lowest BCUT2D eigenvalue weighted by Gasteiger charge is -2.30. The fourth-order valence-corrected chi connectivity index (χ4v) is 3.23. The van der Waals surface area contributed by atoms with Crippen molar-refractivity contribution in [3.8, 4) is 0 Å². The quantitative estimate of drug-likeness (QED) is 0.467. The molecule has 9 heteroatoms. The van der Waals surface area contributed by atoms with Gasteiger partial charge in [-0.3, -0.25) is 14.9 Å². The molecule has 0 spiro atoms. The number of anilines is 2. The van der Waals surface area contributed by atoms with E-state index in [1.54, 1.807) is 18.2 Å². The van der Waals surface area contributed by atoms with Gasteiger partial charge in [0.1, 0.15) is 0 Å². The SMILES string of the molecule is COC(=O)c1cc(NC(=O)c2cccc([N+](=O)[O-])c2C)ccc1N1CCOCC1. The third-order valence-electron chi connectivity index (χ3n) is 4.76. The van der Waals surface area contributed by atoms with E-state index in [-0.39, 0.29) is 16.8 Å². The number of hydrogen-bond acceptors (Lipinski definition) is 7. The summed E-state index contributed by atoms with van der Waals surface area (Å²) >= 11 is 0. The lowest BCUT2D eigenvalue weighted by Crippen LogP contribution is -2.37. The zero-order valence-corrected chi connectivity index (χ0v) is 16.1. The highest BCUT2D eigenvalue weighted by molar-refractivity contribution is 6.07. The van der Waals surface area contributed by atoms with Crippen LogP contribution in [0.5, 0.6) is 0 Å². The van der Waals surface area contributed by atoms with Gasteiger partial charge in [-0.05, 0) is 31.2 Å². The van der Waals surface area contributed by atoms with Crippen LogP contribution in [-0.4, -0.2) is 50.2 Å². The molecule has 0 bridgehead atoms. The number of hydrogen-bond donors (Lipinski definition) is 1. The topological polar surface area (TPSA) is 111 Å². The van der Waals surface area contributed by atoms with Crippen LogP contribution in [0.4, 0.5) is 17.1 Å². The third kappa shape index (κ3) is 4.35. The Morgan fingerprint density at radius 3 is 2.55 bits per heavy atom.